The van der Waals surface area contributed by atoms with Gasteiger partial charge in [-0.2, -0.15) is 9.61 Å². The lowest BCUT2D eigenvalue weighted by atomic mass is 10.1. The molecule has 1 aliphatic heterocycles. The second-order valence-electron chi connectivity index (χ2n) is 7.24. The Balaban J connectivity index is 1.62. The van der Waals surface area contributed by atoms with Gasteiger partial charge in [0.25, 0.3) is 5.91 Å². The molecular formula is C20H19N7O2. The fraction of sp³-hybridized carbons (Fsp3) is 0.250. The van der Waals surface area contributed by atoms with E-state index in [1.165, 1.54) is 0 Å². The lowest BCUT2D eigenvalue weighted by Gasteiger charge is -2.20. The van der Waals surface area contributed by atoms with Crippen LogP contribution in [0.3, 0.4) is 0 Å². The highest BCUT2D eigenvalue weighted by Gasteiger charge is 2.26. The Labute approximate surface area is 166 Å². The highest BCUT2D eigenvalue weighted by Crippen LogP contribution is 2.30. The van der Waals surface area contributed by atoms with Crippen molar-refractivity contribution in [3.8, 4) is 0 Å². The summed E-state index contributed by atoms with van der Waals surface area (Å²) < 4.78 is 1.74. The molecule has 0 aromatic carbocycles. The number of fused-ring (bicyclic) bond motifs is 1. The molecule has 2 N–H and O–H groups in total. The van der Waals surface area contributed by atoms with Crippen LogP contribution in [0.25, 0.3) is 11.7 Å². The first kappa shape index (κ1) is 17.4. The van der Waals surface area contributed by atoms with Crippen LogP contribution in [0.2, 0.25) is 0 Å². The molecular weight excluding hydrogens is 370 g/mol. The topological polar surface area (TPSA) is 105 Å². The Morgan fingerprint density at radius 3 is 2.76 bits per heavy atom. The summed E-state index contributed by atoms with van der Waals surface area (Å²) in [6.45, 7) is 0. The summed E-state index contributed by atoms with van der Waals surface area (Å²) in [6, 6.07) is 6.21. The molecule has 9 nitrogen and oxygen atoms in total. The van der Waals surface area contributed by atoms with E-state index in [9.17, 15) is 9.59 Å². The molecule has 2 fully saturated rings. The van der Waals surface area contributed by atoms with Crippen LogP contribution in [-0.4, -0.2) is 44.5 Å². The fourth-order valence-corrected chi connectivity index (χ4v) is 3.29. The van der Waals surface area contributed by atoms with Crippen LogP contribution in [0, 0.1) is 0 Å². The number of amides is 2. The summed E-state index contributed by atoms with van der Waals surface area (Å²) in [5.74, 6) is 0.916. The van der Waals surface area contributed by atoms with Crippen molar-refractivity contribution in [1.29, 1.82) is 0 Å². The van der Waals surface area contributed by atoms with Gasteiger partial charge in [0, 0.05) is 48.4 Å². The summed E-state index contributed by atoms with van der Waals surface area (Å²) in [7, 11) is 1.94. The van der Waals surface area contributed by atoms with Crippen LogP contribution >= 0.6 is 0 Å². The molecule has 29 heavy (non-hydrogen) atoms. The average Bonchev–Trinajstić information content (AvgIpc) is 3.36. The van der Waals surface area contributed by atoms with Gasteiger partial charge in [-0.3, -0.25) is 19.9 Å². The zero-order chi connectivity index (χ0) is 20.0. The molecule has 9 heteroatoms. The van der Waals surface area contributed by atoms with E-state index >= 15 is 0 Å². The molecule has 146 valence electrons. The van der Waals surface area contributed by atoms with Gasteiger partial charge < -0.3 is 10.2 Å². The molecule has 0 bridgehead atoms. The van der Waals surface area contributed by atoms with E-state index in [-0.39, 0.29) is 18.2 Å². The van der Waals surface area contributed by atoms with Gasteiger partial charge in [0.15, 0.2) is 5.65 Å². The number of aromatic nitrogens is 4. The van der Waals surface area contributed by atoms with Crippen LogP contribution in [0.5, 0.6) is 0 Å². The van der Waals surface area contributed by atoms with E-state index in [2.05, 4.69) is 20.7 Å². The largest absolute Gasteiger partial charge is 0.367 e. The molecule has 0 atom stereocenters. The minimum absolute atomic E-state index is 0.0694. The first-order chi connectivity index (χ1) is 14.1. The molecule has 2 aliphatic rings. The third kappa shape index (κ3) is 3.31. The SMILES string of the molecule is CN(c1ccncc1)c1cc(NC2CC2)n2ncc(/C=C3\CC(=O)NC3=O)c2n1. The molecule has 0 radical (unpaired) electrons. The number of anilines is 3. The molecule has 1 aliphatic carbocycles. The Morgan fingerprint density at radius 2 is 2.07 bits per heavy atom. The van der Waals surface area contributed by atoms with E-state index in [0.717, 1.165) is 30.2 Å². The quantitative estimate of drug-likeness (QED) is 0.507. The molecule has 0 unspecified atom stereocenters. The van der Waals surface area contributed by atoms with Crippen molar-refractivity contribution >= 4 is 40.9 Å². The summed E-state index contributed by atoms with van der Waals surface area (Å²) in [6.07, 6.45) is 9.14. The van der Waals surface area contributed by atoms with Gasteiger partial charge in [0.2, 0.25) is 5.91 Å². The lowest BCUT2D eigenvalue weighted by molar-refractivity contribution is -0.124. The number of imide groups is 1. The predicted octanol–water partition coefficient (Wildman–Crippen LogP) is 1.90. The van der Waals surface area contributed by atoms with Gasteiger partial charge in [0.1, 0.15) is 11.6 Å². The molecule has 5 rings (SSSR count). The van der Waals surface area contributed by atoms with E-state index in [0.29, 0.717) is 22.8 Å². The zero-order valence-corrected chi connectivity index (χ0v) is 15.8. The van der Waals surface area contributed by atoms with Crippen LogP contribution in [0.1, 0.15) is 24.8 Å². The van der Waals surface area contributed by atoms with Crippen LogP contribution in [0.15, 0.2) is 42.4 Å². The molecule has 3 aromatic heterocycles. The van der Waals surface area contributed by atoms with Crippen molar-refractivity contribution in [3.63, 3.8) is 0 Å². The maximum absolute atomic E-state index is 12.0. The Bertz CT molecular complexity index is 1150. The van der Waals surface area contributed by atoms with E-state index in [1.807, 2.05) is 30.1 Å². The molecule has 2 amide bonds. The minimum Gasteiger partial charge on any atom is -0.367 e. The van der Waals surface area contributed by atoms with Gasteiger partial charge >= 0.3 is 0 Å². The highest BCUT2D eigenvalue weighted by molar-refractivity contribution is 6.15. The number of nitrogens with zero attached hydrogens (tertiary/aromatic N) is 5. The number of hydrogen-bond acceptors (Lipinski definition) is 7. The third-order valence-corrected chi connectivity index (χ3v) is 5.03. The lowest BCUT2D eigenvalue weighted by Crippen LogP contribution is -2.19. The Morgan fingerprint density at radius 1 is 1.28 bits per heavy atom. The summed E-state index contributed by atoms with van der Waals surface area (Å²) in [4.78, 5) is 34.3. The monoisotopic (exact) mass is 389 g/mol. The first-order valence-corrected chi connectivity index (χ1v) is 9.42. The molecule has 1 saturated carbocycles. The first-order valence-electron chi connectivity index (χ1n) is 9.42. The van der Waals surface area contributed by atoms with Crippen molar-refractivity contribution in [2.75, 3.05) is 17.3 Å². The normalized spacial score (nSPS) is 17.8. The van der Waals surface area contributed by atoms with Gasteiger partial charge in [-0.15, -0.1) is 0 Å². The third-order valence-electron chi connectivity index (χ3n) is 5.03. The second-order valence-corrected chi connectivity index (χ2v) is 7.24. The Kier molecular flexibility index (Phi) is 4.01. The van der Waals surface area contributed by atoms with Crippen molar-refractivity contribution in [2.45, 2.75) is 25.3 Å². The van der Waals surface area contributed by atoms with Gasteiger partial charge in [0.05, 0.1) is 12.6 Å². The highest BCUT2D eigenvalue weighted by atomic mass is 16.2. The number of pyridine rings is 1. The van der Waals surface area contributed by atoms with Crippen LogP contribution in [0.4, 0.5) is 17.3 Å². The van der Waals surface area contributed by atoms with Crippen LogP contribution < -0.4 is 15.5 Å². The standard InChI is InChI=1S/C20H19N7O2/c1-26(15-4-6-21-7-5-15)16-10-17(23-14-2-3-14)27-19(24-16)13(11-22-27)8-12-9-18(28)25-20(12)29/h4-8,10-11,14,23H,2-3,9H2,1H3,(H,25,28,29)/b12-8+. The predicted molar refractivity (Wildman–Crippen MR) is 108 cm³/mol. The average molecular weight is 389 g/mol. The Hall–Kier alpha value is -3.75. The minimum atomic E-state index is -0.365. The fourth-order valence-electron chi connectivity index (χ4n) is 3.29. The second kappa shape index (κ2) is 6.69. The summed E-state index contributed by atoms with van der Waals surface area (Å²) in [5.41, 5.74) is 2.67. The maximum atomic E-state index is 12.0. The van der Waals surface area contributed by atoms with Gasteiger partial charge in [-0.25, -0.2) is 4.98 Å². The van der Waals surface area contributed by atoms with Gasteiger partial charge in [-0.1, -0.05) is 0 Å². The van der Waals surface area contributed by atoms with E-state index in [4.69, 9.17) is 4.98 Å². The molecule has 3 aromatic rings. The van der Waals surface area contributed by atoms with Crippen molar-refractivity contribution in [1.82, 2.24) is 24.9 Å². The number of carbonyl (C=O) groups excluding carboxylic acids is 2. The van der Waals surface area contributed by atoms with E-state index in [1.54, 1.807) is 29.2 Å². The smallest absolute Gasteiger partial charge is 0.254 e. The van der Waals surface area contributed by atoms with Gasteiger partial charge in [-0.05, 0) is 31.1 Å². The molecule has 1 saturated heterocycles. The summed E-state index contributed by atoms with van der Waals surface area (Å²) >= 11 is 0. The summed E-state index contributed by atoms with van der Waals surface area (Å²) in [5, 5.41) is 10.3. The number of nitrogens with one attached hydrogen (secondary N) is 2. The number of rotatable bonds is 5. The number of carbonyl (C=O) groups is 2. The molecule has 4 heterocycles. The van der Waals surface area contributed by atoms with Crippen LogP contribution in [-0.2, 0) is 9.59 Å². The van der Waals surface area contributed by atoms with E-state index < -0.39 is 0 Å². The van der Waals surface area contributed by atoms with Crippen molar-refractivity contribution < 1.29 is 9.59 Å². The van der Waals surface area contributed by atoms with Crippen molar-refractivity contribution in [3.05, 3.63) is 47.9 Å². The number of hydrogen-bond donors (Lipinski definition) is 2. The zero-order valence-electron chi connectivity index (χ0n) is 15.8. The van der Waals surface area contributed by atoms with Crippen molar-refractivity contribution in [2.24, 2.45) is 0 Å². The molecule has 0 spiro atoms. The maximum Gasteiger partial charge on any atom is 0.254 e.